The molecule has 0 saturated carbocycles. The number of carbonyl (C=O) groups is 2. The zero-order valence-electron chi connectivity index (χ0n) is 15.9. The average Bonchev–Trinajstić information content (AvgIpc) is 2.49. The van der Waals surface area contributed by atoms with Crippen molar-refractivity contribution in [1.82, 2.24) is 0 Å². The van der Waals surface area contributed by atoms with Crippen LogP contribution >= 0.6 is 0 Å². The number of hydrogen-bond acceptors (Lipinski definition) is 3. The lowest BCUT2D eigenvalue weighted by atomic mass is 9.68. The number of carbonyl (C=O) groups excluding carboxylic acids is 1. The van der Waals surface area contributed by atoms with Crippen LogP contribution in [0.15, 0.2) is 30.3 Å². The highest BCUT2D eigenvalue weighted by Crippen LogP contribution is 2.37. The van der Waals surface area contributed by atoms with Crippen molar-refractivity contribution in [3.63, 3.8) is 0 Å². The Morgan fingerprint density at radius 3 is 2.12 bits per heavy atom. The summed E-state index contributed by atoms with van der Waals surface area (Å²) < 4.78 is 5.37. The molecule has 0 aliphatic rings. The van der Waals surface area contributed by atoms with E-state index in [1.807, 2.05) is 51.1 Å². The van der Waals surface area contributed by atoms with Crippen LogP contribution in [0, 0.1) is 23.7 Å². The first kappa shape index (κ1) is 20.8. The molecule has 2 atom stereocenters. The van der Waals surface area contributed by atoms with Crippen molar-refractivity contribution in [3.05, 3.63) is 35.9 Å². The molecule has 4 heteroatoms. The summed E-state index contributed by atoms with van der Waals surface area (Å²) in [5, 5.41) is 9.75. The zero-order chi connectivity index (χ0) is 19.3. The monoisotopic (exact) mass is 344 g/mol. The van der Waals surface area contributed by atoms with Gasteiger partial charge in [-0.25, -0.2) is 0 Å². The van der Waals surface area contributed by atoms with Crippen LogP contribution in [0.2, 0.25) is 0 Å². The van der Waals surface area contributed by atoms with E-state index in [-0.39, 0.29) is 0 Å². The quantitative estimate of drug-likeness (QED) is 0.497. The third-order valence-corrected chi connectivity index (χ3v) is 3.99. The number of carboxylic acid groups (broad SMARTS) is 1. The molecule has 0 amide bonds. The standard InChI is InChI=1S/C21H28O4/c1-7-8-14-16(21(5,6)15-12-10-9-11-13-15)17(18(22)23)19(24)25-20(2,3)4/h9-13,16-17H,7H2,1-6H3,(H,22,23). The molecule has 4 nitrogen and oxygen atoms in total. The van der Waals surface area contributed by atoms with Gasteiger partial charge in [-0.3, -0.25) is 9.59 Å². The molecule has 1 rings (SSSR count). The van der Waals surface area contributed by atoms with Gasteiger partial charge in [-0.05, 0) is 26.3 Å². The highest BCUT2D eigenvalue weighted by atomic mass is 16.6. The summed E-state index contributed by atoms with van der Waals surface area (Å²) in [6.07, 6.45) is 0.585. The summed E-state index contributed by atoms with van der Waals surface area (Å²) in [5.41, 5.74) is -0.464. The highest BCUT2D eigenvalue weighted by Gasteiger charge is 2.45. The Labute approximate surface area is 150 Å². The summed E-state index contributed by atoms with van der Waals surface area (Å²) in [6, 6.07) is 9.54. The van der Waals surface area contributed by atoms with Gasteiger partial charge in [0.1, 0.15) is 5.60 Å². The number of esters is 1. The molecular weight excluding hydrogens is 316 g/mol. The molecule has 0 radical (unpaired) electrons. The van der Waals surface area contributed by atoms with Gasteiger partial charge in [0.15, 0.2) is 5.92 Å². The van der Waals surface area contributed by atoms with Gasteiger partial charge < -0.3 is 9.84 Å². The zero-order valence-corrected chi connectivity index (χ0v) is 15.9. The molecule has 1 aromatic carbocycles. The van der Waals surface area contributed by atoms with E-state index >= 15 is 0 Å². The molecule has 136 valence electrons. The average molecular weight is 344 g/mol. The minimum Gasteiger partial charge on any atom is -0.481 e. The molecule has 0 spiro atoms. The molecule has 0 heterocycles. The van der Waals surface area contributed by atoms with Crippen molar-refractivity contribution in [2.24, 2.45) is 11.8 Å². The molecule has 1 aromatic rings. The second-order valence-corrected chi connectivity index (χ2v) is 7.59. The van der Waals surface area contributed by atoms with E-state index in [0.29, 0.717) is 6.42 Å². The SMILES string of the molecule is CCC#CC(C(C(=O)O)C(=O)OC(C)(C)C)C(C)(C)c1ccccc1. The lowest BCUT2D eigenvalue weighted by Crippen LogP contribution is -2.43. The fourth-order valence-electron chi connectivity index (χ4n) is 2.68. The lowest BCUT2D eigenvalue weighted by Gasteiger charge is -2.35. The predicted octanol–water partition coefficient (Wildman–Crippen LogP) is 4.04. The van der Waals surface area contributed by atoms with E-state index < -0.39 is 34.8 Å². The van der Waals surface area contributed by atoms with Crippen molar-refractivity contribution < 1.29 is 19.4 Å². The van der Waals surface area contributed by atoms with Gasteiger partial charge in [0.05, 0.1) is 5.92 Å². The Hall–Kier alpha value is -2.28. The molecule has 0 saturated heterocycles. The maximum Gasteiger partial charge on any atom is 0.322 e. The number of hydrogen-bond donors (Lipinski definition) is 1. The number of rotatable bonds is 5. The van der Waals surface area contributed by atoms with Crippen LogP contribution in [0.4, 0.5) is 0 Å². The molecule has 25 heavy (non-hydrogen) atoms. The second-order valence-electron chi connectivity index (χ2n) is 7.59. The Morgan fingerprint density at radius 1 is 1.12 bits per heavy atom. The first-order valence-corrected chi connectivity index (χ1v) is 8.50. The van der Waals surface area contributed by atoms with E-state index in [2.05, 4.69) is 11.8 Å². The topological polar surface area (TPSA) is 63.6 Å². The molecule has 2 unspecified atom stereocenters. The largest absolute Gasteiger partial charge is 0.481 e. The van der Waals surface area contributed by atoms with Crippen molar-refractivity contribution in [2.75, 3.05) is 0 Å². The summed E-state index contributed by atoms with van der Waals surface area (Å²) in [7, 11) is 0. The summed E-state index contributed by atoms with van der Waals surface area (Å²) in [5.74, 6) is 1.96. The van der Waals surface area contributed by atoms with E-state index in [1.165, 1.54) is 0 Å². The van der Waals surface area contributed by atoms with Gasteiger partial charge in [0.2, 0.25) is 0 Å². The molecule has 0 aromatic heterocycles. The smallest absolute Gasteiger partial charge is 0.322 e. The van der Waals surface area contributed by atoms with Gasteiger partial charge in [-0.1, -0.05) is 57.0 Å². The first-order chi connectivity index (χ1) is 11.5. The van der Waals surface area contributed by atoms with Crippen LogP contribution < -0.4 is 0 Å². The Bertz CT molecular complexity index is 657. The molecular formula is C21H28O4. The van der Waals surface area contributed by atoms with Crippen molar-refractivity contribution in [1.29, 1.82) is 0 Å². The Morgan fingerprint density at radius 2 is 1.68 bits per heavy atom. The lowest BCUT2D eigenvalue weighted by molar-refractivity contribution is -0.169. The van der Waals surface area contributed by atoms with Crippen LogP contribution in [0.25, 0.3) is 0 Å². The van der Waals surface area contributed by atoms with Crippen LogP contribution in [0.5, 0.6) is 0 Å². The van der Waals surface area contributed by atoms with Gasteiger partial charge in [-0.15, -0.1) is 5.92 Å². The fourth-order valence-corrected chi connectivity index (χ4v) is 2.68. The summed E-state index contributed by atoms with van der Waals surface area (Å²) in [4.78, 5) is 24.6. The molecule has 1 N–H and O–H groups in total. The minimum absolute atomic E-state index is 0.585. The van der Waals surface area contributed by atoms with Crippen molar-refractivity contribution in [2.45, 2.75) is 59.0 Å². The molecule has 0 aliphatic heterocycles. The van der Waals surface area contributed by atoms with E-state index in [0.717, 1.165) is 5.56 Å². The summed E-state index contributed by atoms with van der Waals surface area (Å²) >= 11 is 0. The fraction of sp³-hybridized carbons (Fsp3) is 0.524. The molecule has 0 fully saturated rings. The number of carboxylic acids is 1. The number of ether oxygens (including phenoxy) is 1. The van der Waals surface area contributed by atoms with E-state index in [1.54, 1.807) is 20.8 Å². The normalized spacial score (nSPS) is 14.0. The third kappa shape index (κ3) is 5.63. The third-order valence-electron chi connectivity index (χ3n) is 3.99. The summed E-state index contributed by atoms with van der Waals surface area (Å²) in [6.45, 7) is 10.9. The van der Waals surface area contributed by atoms with Crippen LogP contribution in [0.3, 0.4) is 0 Å². The maximum atomic E-state index is 12.6. The van der Waals surface area contributed by atoms with Gasteiger partial charge in [0, 0.05) is 11.8 Å². The maximum absolute atomic E-state index is 12.6. The van der Waals surface area contributed by atoms with Gasteiger partial charge in [-0.2, -0.15) is 0 Å². The predicted molar refractivity (Wildman–Crippen MR) is 98.0 cm³/mol. The van der Waals surface area contributed by atoms with Gasteiger partial charge >= 0.3 is 11.9 Å². The van der Waals surface area contributed by atoms with Gasteiger partial charge in [0.25, 0.3) is 0 Å². The van der Waals surface area contributed by atoms with Crippen LogP contribution in [-0.2, 0) is 19.7 Å². The first-order valence-electron chi connectivity index (χ1n) is 8.50. The Kier molecular flexibility index (Phi) is 6.81. The highest BCUT2D eigenvalue weighted by molar-refractivity contribution is 5.95. The van der Waals surface area contributed by atoms with Crippen molar-refractivity contribution in [3.8, 4) is 11.8 Å². The van der Waals surface area contributed by atoms with E-state index in [9.17, 15) is 14.7 Å². The second kappa shape index (κ2) is 8.20. The molecule has 0 bridgehead atoms. The Balaban J connectivity index is 3.39. The van der Waals surface area contributed by atoms with Crippen LogP contribution in [-0.4, -0.2) is 22.6 Å². The van der Waals surface area contributed by atoms with Crippen molar-refractivity contribution >= 4 is 11.9 Å². The molecule has 0 aliphatic carbocycles. The minimum atomic E-state index is -1.35. The van der Waals surface area contributed by atoms with Crippen LogP contribution in [0.1, 0.15) is 53.5 Å². The van der Waals surface area contributed by atoms with E-state index in [4.69, 9.17) is 4.74 Å². The number of benzene rings is 1. The number of aliphatic carboxylic acids is 1.